The maximum atomic E-state index is 12.0. The number of anilines is 12. The Morgan fingerprint density at radius 3 is 0.934 bits per heavy atom. The van der Waals surface area contributed by atoms with Crippen LogP contribution in [0.5, 0.6) is 0 Å². The van der Waals surface area contributed by atoms with Crippen molar-refractivity contribution in [3.8, 4) is 0 Å². The number of pyridine rings is 5. The van der Waals surface area contributed by atoms with E-state index in [4.69, 9.17) is 43.9 Å². The van der Waals surface area contributed by atoms with Crippen molar-refractivity contribution >= 4 is 135 Å². The number of ether oxygens (including phenoxy) is 5. The Bertz CT molecular complexity index is 4640. The molecule has 6 aromatic carbocycles. The lowest BCUT2D eigenvalue weighted by atomic mass is 9.98. The number of rotatable bonds is 27. The molecule has 0 spiro atoms. The SMILES string of the molecule is CCOC(=O)COCC1CCN(c2cccc(Br)n2)CC1.CCOC(=O)COCC1CCN(c2cccc(N(c3ccccc3)c3ccccc3)n2)CC1.Fc1cccc(Br)n1.O=C(O)COCC1CCN(c2cccc(N(c3ccccc3)c3ccccc3)n2)CC1.OCC1CCN(c2cccc(Br)n2)CC1.c1ccc(Nc2ccccc2)cc1. The number of aliphatic hydroxyl groups is 1. The predicted molar refractivity (Wildman–Crippen MR) is 490 cm³/mol. The van der Waals surface area contributed by atoms with Crippen molar-refractivity contribution in [1.82, 2.24) is 24.9 Å². The Balaban J connectivity index is 0.000000161. The number of carbonyl (C=O) groups excluding carboxylic acids is 2. The van der Waals surface area contributed by atoms with Crippen molar-refractivity contribution in [2.24, 2.45) is 23.7 Å². The summed E-state index contributed by atoms with van der Waals surface area (Å²) in [4.78, 5) is 69.2. The third kappa shape index (κ3) is 32.3. The average molecular weight is 1840 g/mol. The van der Waals surface area contributed by atoms with Gasteiger partial charge in [0.2, 0.25) is 5.95 Å². The number of aromatic nitrogens is 5. The molecule has 3 N–H and O–H groups in total. The first-order valence-electron chi connectivity index (χ1n) is 41.2. The van der Waals surface area contributed by atoms with E-state index >= 15 is 0 Å². The number of esters is 2. The van der Waals surface area contributed by atoms with Crippen molar-refractivity contribution in [1.29, 1.82) is 0 Å². The number of carbonyl (C=O) groups is 3. The fourth-order valence-electron chi connectivity index (χ4n) is 14.0. The number of para-hydroxylation sites is 6. The molecule has 0 saturated carbocycles. The second-order valence-corrected chi connectivity index (χ2v) is 31.4. The molecule has 0 radical (unpaired) electrons. The first kappa shape index (κ1) is 92.6. The molecule has 121 heavy (non-hydrogen) atoms. The summed E-state index contributed by atoms with van der Waals surface area (Å²) in [6.45, 7) is 13.8. The minimum Gasteiger partial charge on any atom is -0.480 e. The maximum absolute atomic E-state index is 12.0. The highest BCUT2D eigenvalue weighted by atomic mass is 79.9. The van der Waals surface area contributed by atoms with Crippen molar-refractivity contribution in [3.63, 3.8) is 0 Å². The van der Waals surface area contributed by atoms with Gasteiger partial charge in [0.05, 0.1) is 33.0 Å². The maximum Gasteiger partial charge on any atom is 0.332 e. The molecule has 11 aromatic rings. The Hall–Kier alpha value is -10.7. The normalized spacial score (nSPS) is 14.2. The van der Waals surface area contributed by atoms with E-state index in [1.165, 1.54) is 6.07 Å². The molecule has 0 atom stereocenters. The molecule has 0 aliphatic carbocycles. The van der Waals surface area contributed by atoms with Crippen LogP contribution in [0.3, 0.4) is 0 Å². The number of carboxylic acid groups (broad SMARTS) is 1. The number of carboxylic acids is 1. The van der Waals surface area contributed by atoms with Gasteiger partial charge in [-0.1, -0.05) is 140 Å². The van der Waals surface area contributed by atoms with Crippen LogP contribution in [0.2, 0.25) is 0 Å². The summed E-state index contributed by atoms with van der Waals surface area (Å²) in [5.74, 6) is 5.62. The van der Waals surface area contributed by atoms with E-state index in [2.05, 4.69) is 176 Å². The zero-order valence-corrected chi connectivity index (χ0v) is 73.3. The van der Waals surface area contributed by atoms with Gasteiger partial charge in [-0.25, -0.2) is 39.3 Å². The second-order valence-electron chi connectivity index (χ2n) is 29.0. The summed E-state index contributed by atoms with van der Waals surface area (Å²) in [6, 6.07) is 90.3. The van der Waals surface area contributed by atoms with E-state index in [-0.39, 0.29) is 31.8 Å². The molecule has 22 nitrogen and oxygen atoms in total. The van der Waals surface area contributed by atoms with Crippen LogP contribution in [0.25, 0.3) is 0 Å². The lowest BCUT2D eigenvalue weighted by Crippen LogP contribution is -2.36. The topological polar surface area (TPSA) is 234 Å². The fraction of sp³-hybridized carbons (Fsp3) is 0.326. The highest BCUT2D eigenvalue weighted by Gasteiger charge is 2.26. The number of hydrogen-bond donors (Lipinski definition) is 3. The third-order valence-electron chi connectivity index (χ3n) is 20.2. The molecule has 9 heterocycles. The minimum absolute atomic E-state index is 0.0342. The van der Waals surface area contributed by atoms with Crippen LogP contribution in [-0.4, -0.2) is 165 Å². The van der Waals surface area contributed by atoms with Crippen LogP contribution in [-0.2, 0) is 38.1 Å². The largest absolute Gasteiger partial charge is 0.480 e. The lowest BCUT2D eigenvalue weighted by Gasteiger charge is -2.33. The number of nitrogens with one attached hydrogen (secondary N) is 1. The molecule has 26 heteroatoms. The summed E-state index contributed by atoms with van der Waals surface area (Å²) in [7, 11) is 0. The second kappa shape index (κ2) is 51.8. The van der Waals surface area contributed by atoms with Crippen molar-refractivity contribution in [3.05, 3.63) is 293 Å². The highest BCUT2D eigenvalue weighted by molar-refractivity contribution is 9.11. The summed E-state index contributed by atoms with van der Waals surface area (Å²) >= 11 is 9.79. The first-order chi connectivity index (χ1) is 59.2. The summed E-state index contributed by atoms with van der Waals surface area (Å²) in [5.41, 5.74) is 6.51. The molecule has 0 amide bonds. The molecule has 4 fully saturated rings. The number of piperidine rings is 4. The molecule has 4 aliphatic heterocycles. The lowest BCUT2D eigenvalue weighted by molar-refractivity contribution is -0.149. The van der Waals surface area contributed by atoms with Crippen LogP contribution in [0.4, 0.5) is 73.4 Å². The Morgan fingerprint density at radius 2 is 0.653 bits per heavy atom. The Kier molecular flexibility index (Phi) is 39.6. The quantitative estimate of drug-likeness (QED) is 0.0321. The van der Waals surface area contributed by atoms with Crippen LogP contribution >= 0.6 is 47.8 Å². The summed E-state index contributed by atoms with van der Waals surface area (Å²) in [5, 5.41) is 21.1. The van der Waals surface area contributed by atoms with Gasteiger partial charge in [0.25, 0.3) is 0 Å². The smallest absolute Gasteiger partial charge is 0.332 e. The molecule has 0 bridgehead atoms. The third-order valence-corrected chi connectivity index (χ3v) is 21.5. The average Bonchev–Trinajstić information content (AvgIpc) is 0.808. The number of benzene rings is 6. The molecule has 0 unspecified atom stereocenters. The number of nitrogens with zero attached hydrogens (tertiary/aromatic N) is 11. The van der Waals surface area contributed by atoms with Gasteiger partial charge < -0.3 is 58.8 Å². The van der Waals surface area contributed by atoms with E-state index in [1.807, 2.05) is 176 Å². The van der Waals surface area contributed by atoms with Gasteiger partial charge in [0.15, 0.2) is 0 Å². The van der Waals surface area contributed by atoms with Gasteiger partial charge in [0.1, 0.15) is 68.5 Å². The van der Waals surface area contributed by atoms with Gasteiger partial charge in [-0.05, 0) is 270 Å². The molecule has 4 saturated heterocycles. The molecule has 5 aromatic heterocycles. The van der Waals surface area contributed by atoms with Gasteiger partial charge in [0, 0.05) is 93.1 Å². The van der Waals surface area contributed by atoms with Crippen LogP contribution in [0.15, 0.2) is 287 Å². The van der Waals surface area contributed by atoms with Crippen molar-refractivity contribution in [2.45, 2.75) is 65.2 Å². The van der Waals surface area contributed by atoms with Gasteiger partial charge in [-0.15, -0.1) is 0 Å². The molecular formula is C95H108Br3FN12O10. The summed E-state index contributed by atoms with van der Waals surface area (Å²) < 4.78 is 40.3. The van der Waals surface area contributed by atoms with E-state index in [0.29, 0.717) is 67.9 Å². The highest BCUT2D eigenvalue weighted by Crippen LogP contribution is 2.37. The van der Waals surface area contributed by atoms with E-state index in [0.717, 1.165) is 182 Å². The molecule has 4 aliphatic rings. The van der Waals surface area contributed by atoms with E-state index in [9.17, 15) is 18.8 Å². The molecular weight excluding hydrogens is 1730 g/mol. The van der Waals surface area contributed by atoms with Crippen LogP contribution < -0.4 is 34.7 Å². The van der Waals surface area contributed by atoms with Crippen molar-refractivity contribution in [2.75, 3.05) is 147 Å². The molecule has 636 valence electrons. The number of halogens is 4. The van der Waals surface area contributed by atoms with Gasteiger partial charge in [-0.3, -0.25) is 9.80 Å². The van der Waals surface area contributed by atoms with Gasteiger partial charge in [-0.2, -0.15) is 4.39 Å². The zero-order valence-electron chi connectivity index (χ0n) is 68.6. The van der Waals surface area contributed by atoms with Crippen LogP contribution in [0.1, 0.15) is 65.2 Å². The first-order valence-corrected chi connectivity index (χ1v) is 43.6. The zero-order chi connectivity index (χ0) is 85.0. The van der Waals surface area contributed by atoms with Crippen LogP contribution in [0, 0.1) is 29.6 Å². The molecule has 15 rings (SSSR count). The number of aliphatic hydroxyl groups excluding tert-OH is 1. The monoisotopic (exact) mass is 1830 g/mol. The number of hydrogen-bond acceptors (Lipinski definition) is 21. The van der Waals surface area contributed by atoms with Crippen molar-refractivity contribution < 1.29 is 52.7 Å². The minimum atomic E-state index is -0.917. The predicted octanol–water partition coefficient (Wildman–Crippen LogP) is 20.3. The standard InChI is InChI=1S/C27H31N3O3.C25H27N3O3.C15H21BrN2O3.C12H11N.C11H15BrN2O.C5H3BrFN/c1-2-33-27(31)21-32-20-22-16-18-29(19-17-22)25-14-9-15-26(28-25)30(23-10-5-3-6-11-23)24-12-7-4-8-13-24;29-25(30)19-31-18-20-14-16-27(17-15-20)23-12-7-13-24(26-23)28(21-8-3-1-4-9-21)22-10-5-2-6-11-22;1-2-21-15(19)11-20-10-12-6-8-18(9-7-12)14-5-3-4-13(16)17-14;1-3-7-11(8-4-1)13-12-9-5-2-6-10-12;12-10-2-1-3-11(13-10)14-6-4-9(8-15)5-7-14;6-4-2-1-3-5(7)8-4/h3-15,22H,2,16-21H2,1H3;1-13,20H,14-19H2,(H,29,30);3-5,12H,2,6-11H2,1H3;1-10,13H;1-3,9,15H,4-8H2;1-3H. The Morgan fingerprint density at radius 1 is 0.372 bits per heavy atom. The van der Waals surface area contributed by atoms with E-state index < -0.39 is 11.9 Å². The fourth-order valence-corrected chi connectivity index (χ4v) is 15.0. The van der Waals surface area contributed by atoms with Gasteiger partial charge >= 0.3 is 17.9 Å². The summed E-state index contributed by atoms with van der Waals surface area (Å²) in [6.07, 6.45) is 8.17. The Labute approximate surface area is 735 Å². The van der Waals surface area contributed by atoms with E-state index in [1.54, 1.807) is 26.0 Å². The number of aliphatic carboxylic acids is 1.